The van der Waals surface area contributed by atoms with Crippen molar-refractivity contribution in [3.05, 3.63) is 73.8 Å². The third-order valence-corrected chi connectivity index (χ3v) is 2.82. The molecule has 0 spiro atoms. The van der Waals surface area contributed by atoms with E-state index in [2.05, 4.69) is 20.4 Å². The Morgan fingerprint density at radius 2 is 0.739 bits per heavy atom. The summed E-state index contributed by atoms with van der Waals surface area (Å²) in [6, 6.07) is 7.57. The van der Waals surface area contributed by atoms with Crippen LogP contribution in [0.25, 0.3) is 0 Å². The second-order valence-corrected chi connectivity index (χ2v) is 4.46. The van der Waals surface area contributed by atoms with Crippen LogP contribution in [0.1, 0.15) is 0 Å². The van der Waals surface area contributed by atoms with E-state index in [4.69, 9.17) is 0 Å². The number of aromatic nitrogens is 8. The van der Waals surface area contributed by atoms with Crippen molar-refractivity contribution in [1.29, 1.82) is 0 Å². The maximum Gasteiger partial charge on any atom is 0.401 e. The molecule has 0 saturated carbocycles. The van der Waals surface area contributed by atoms with Gasteiger partial charge < -0.3 is 0 Å². The number of hydrogen-bond donors (Lipinski definition) is 0. The third-order valence-electron chi connectivity index (χ3n) is 2.82. The normalized spacial score (nSPS) is 9.39. The second kappa shape index (κ2) is 8.83. The van der Waals surface area contributed by atoms with Gasteiger partial charge in [0.15, 0.2) is 0 Å². The molecular weight excluding hydrogens is 330 g/mol. The molecule has 0 atom stereocenters. The molecule has 4 heterocycles. The van der Waals surface area contributed by atoms with E-state index in [0.717, 1.165) is 0 Å². The molecule has 0 aromatic carbocycles. The molecule has 8 nitrogen and oxygen atoms in total. The maximum atomic E-state index is 4.05. The van der Waals surface area contributed by atoms with Crippen LogP contribution >= 0.6 is 0 Å². The minimum absolute atomic E-state index is 0. The Labute approximate surface area is 145 Å². The van der Waals surface area contributed by atoms with Crippen molar-refractivity contribution >= 4 is 15.1 Å². The summed E-state index contributed by atoms with van der Waals surface area (Å²) < 4.78 is 7.25. The molecule has 0 amide bonds. The quantitative estimate of drug-likeness (QED) is 0.468. The molecule has 4 aromatic rings. The van der Waals surface area contributed by atoms with E-state index >= 15 is 0 Å². The van der Waals surface area contributed by atoms with Crippen molar-refractivity contribution in [2.75, 3.05) is 0 Å². The summed E-state index contributed by atoms with van der Waals surface area (Å²) in [6.07, 6.45) is 14.6. The first-order chi connectivity index (χ1) is 10.9. The van der Waals surface area contributed by atoms with Gasteiger partial charge in [0.1, 0.15) is 0 Å². The summed E-state index contributed by atoms with van der Waals surface area (Å²) in [5, 5.41) is 16.2. The largest absolute Gasteiger partial charge is 0.401 e. The first-order valence-electron chi connectivity index (χ1n) is 6.80. The van der Waals surface area contributed by atoms with Crippen LogP contribution in [0.3, 0.4) is 0 Å². The Kier molecular flexibility index (Phi) is 6.47. The monoisotopic (exact) mass is 344 g/mol. The fourth-order valence-corrected chi connectivity index (χ4v) is 1.83. The summed E-state index contributed by atoms with van der Waals surface area (Å²) >= 11 is 0. The van der Waals surface area contributed by atoms with Crippen molar-refractivity contribution < 1.29 is 17.4 Å². The zero-order valence-electron chi connectivity index (χ0n) is 12.3. The van der Waals surface area contributed by atoms with Gasteiger partial charge in [0.25, 0.3) is 0 Å². The van der Waals surface area contributed by atoms with Crippen LogP contribution in [0.5, 0.6) is 0 Å². The minimum Gasteiger partial charge on any atom is -0.294 e. The van der Waals surface area contributed by atoms with Gasteiger partial charge in [-0.3, -0.25) is 18.4 Å². The molecule has 0 unspecified atom stereocenters. The predicted octanol–water partition coefficient (Wildman–Crippen LogP) is -0.518. The van der Waals surface area contributed by atoms with E-state index in [1.807, 2.05) is 67.4 Å². The van der Waals surface area contributed by atoms with Crippen LogP contribution in [0.2, 0.25) is 0 Å². The van der Waals surface area contributed by atoms with E-state index in [0.29, 0.717) is 15.1 Å². The third kappa shape index (κ3) is 5.32. The van der Waals surface area contributed by atoms with E-state index < -0.39 is 0 Å². The molecular formula is C12H14B2CrN8. The van der Waals surface area contributed by atoms with Gasteiger partial charge in [0, 0.05) is 66.9 Å². The number of hydrogen-bond acceptors (Lipinski definition) is 4. The van der Waals surface area contributed by atoms with Crippen molar-refractivity contribution in [3.63, 3.8) is 0 Å². The molecule has 0 radical (unpaired) electrons. The molecule has 0 saturated heterocycles. The van der Waals surface area contributed by atoms with E-state index in [1.54, 1.807) is 24.8 Å². The topological polar surface area (TPSA) is 71.3 Å². The summed E-state index contributed by atoms with van der Waals surface area (Å²) in [6.45, 7) is 0. The number of rotatable bonds is 4. The molecule has 23 heavy (non-hydrogen) atoms. The van der Waals surface area contributed by atoms with Crippen LogP contribution in [-0.2, 0) is 17.4 Å². The summed E-state index contributed by atoms with van der Waals surface area (Å²) in [5.41, 5.74) is 0. The average molecular weight is 344 g/mol. The molecule has 0 N–H and O–H groups in total. The Balaban J connectivity index is 0.000000160. The van der Waals surface area contributed by atoms with Crippen molar-refractivity contribution in [2.45, 2.75) is 0 Å². The van der Waals surface area contributed by atoms with Crippen molar-refractivity contribution in [3.8, 4) is 0 Å². The van der Waals surface area contributed by atoms with Crippen LogP contribution in [-0.4, -0.2) is 53.9 Å². The predicted molar refractivity (Wildman–Crippen MR) is 84.8 cm³/mol. The molecule has 0 aliphatic heterocycles. The van der Waals surface area contributed by atoms with Gasteiger partial charge >= 0.3 is 15.1 Å². The standard InChI is InChI=1S/2C6H7BN4.Cr/c2*1-3-8-10(5-1)7-11-6-2-4-9-11;/h2*1-7H;. The smallest absolute Gasteiger partial charge is 0.294 e. The van der Waals surface area contributed by atoms with Crippen molar-refractivity contribution in [1.82, 2.24) is 38.8 Å². The Morgan fingerprint density at radius 1 is 0.478 bits per heavy atom. The Hall–Kier alpha value is -2.50. The van der Waals surface area contributed by atoms with Crippen molar-refractivity contribution in [2.24, 2.45) is 0 Å². The first kappa shape index (κ1) is 16.9. The van der Waals surface area contributed by atoms with E-state index in [-0.39, 0.29) is 17.4 Å². The summed E-state index contributed by atoms with van der Waals surface area (Å²) in [4.78, 5) is 0. The molecule has 0 fully saturated rings. The molecule has 114 valence electrons. The Bertz CT molecular complexity index is 606. The van der Waals surface area contributed by atoms with Crippen LogP contribution < -0.4 is 0 Å². The van der Waals surface area contributed by atoms with Gasteiger partial charge in [-0.15, -0.1) is 0 Å². The van der Waals surface area contributed by atoms with Gasteiger partial charge in [-0.05, 0) is 24.3 Å². The van der Waals surface area contributed by atoms with Gasteiger partial charge in [-0.25, -0.2) is 0 Å². The van der Waals surface area contributed by atoms with E-state index in [1.165, 1.54) is 0 Å². The zero-order valence-corrected chi connectivity index (χ0v) is 13.6. The van der Waals surface area contributed by atoms with Gasteiger partial charge in [0.05, 0.1) is 0 Å². The summed E-state index contributed by atoms with van der Waals surface area (Å²) in [5.74, 6) is 0. The van der Waals surface area contributed by atoms with Gasteiger partial charge in [-0.1, -0.05) is 0 Å². The maximum absolute atomic E-state index is 4.05. The molecule has 4 aromatic heterocycles. The average Bonchev–Trinajstić information content (AvgIpc) is 3.31. The van der Waals surface area contributed by atoms with Crippen LogP contribution in [0, 0.1) is 0 Å². The fraction of sp³-hybridized carbons (Fsp3) is 0. The molecule has 0 bridgehead atoms. The molecule has 0 aliphatic rings. The minimum atomic E-state index is 0. The summed E-state index contributed by atoms with van der Waals surface area (Å²) in [7, 11) is 1.36. The zero-order chi connectivity index (χ0) is 15.0. The van der Waals surface area contributed by atoms with E-state index in [9.17, 15) is 0 Å². The molecule has 4 rings (SSSR count). The number of nitrogens with zero attached hydrogens (tertiary/aromatic N) is 8. The first-order valence-corrected chi connectivity index (χ1v) is 6.80. The van der Waals surface area contributed by atoms with Crippen LogP contribution in [0.15, 0.2) is 73.8 Å². The SMILES string of the molecule is B(n1cccn1)n1cccn1.B(n1cccn1)n1cccn1.[Cr]. The van der Waals surface area contributed by atoms with Gasteiger partial charge in [-0.2, -0.15) is 20.4 Å². The second-order valence-electron chi connectivity index (χ2n) is 4.46. The Morgan fingerprint density at radius 3 is 0.913 bits per heavy atom. The molecule has 0 aliphatic carbocycles. The van der Waals surface area contributed by atoms with Crippen LogP contribution in [0.4, 0.5) is 0 Å². The molecule has 11 heteroatoms. The fourth-order valence-electron chi connectivity index (χ4n) is 1.83. The van der Waals surface area contributed by atoms with Gasteiger partial charge in [0.2, 0.25) is 0 Å².